The first-order valence-corrected chi connectivity index (χ1v) is 12.8. The highest BCUT2D eigenvalue weighted by Gasteiger charge is 2.19. The molecule has 0 aromatic heterocycles. The van der Waals surface area contributed by atoms with Gasteiger partial charge in [0.25, 0.3) is 0 Å². The summed E-state index contributed by atoms with van der Waals surface area (Å²) in [6.45, 7) is 8.79. The average molecular weight is 480 g/mol. The number of rotatable bonds is 8. The van der Waals surface area contributed by atoms with Gasteiger partial charge in [-0.3, -0.25) is 4.90 Å². The van der Waals surface area contributed by atoms with Crippen LogP contribution in [0.5, 0.6) is 0 Å². The average Bonchev–Trinajstić information content (AvgIpc) is 2.79. The minimum absolute atomic E-state index is 0.0460. The van der Waals surface area contributed by atoms with Gasteiger partial charge in [-0.15, -0.1) is 0 Å². The first-order chi connectivity index (χ1) is 16.1. The number of aryl methyl sites for hydroxylation is 1. The monoisotopic (exact) mass is 479 g/mol. The van der Waals surface area contributed by atoms with E-state index in [1.807, 2.05) is 73.7 Å². The van der Waals surface area contributed by atoms with E-state index in [2.05, 4.69) is 30.8 Å². The Morgan fingerprint density at radius 2 is 1.59 bits per heavy atom. The zero-order valence-electron chi connectivity index (χ0n) is 20.2. The summed E-state index contributed by atoms with van der Waals surface area (Å²) < 4.78 is 28.1. The highest BCUT2D eigenvalue weighted by molar-refractivity contribution is 7.89. The molecule has 2 N–H and O–H groups in total. The van der Waals surface area contributed by atoms with Gasteiger partial charge in [-0.25, -0.2) is 17.9 Å². The van der Waals surface area contributed by atoms with Crippen molar-refractivity contribution >= 4 is 27.4 Å². The Bertz CT molecular complexity index is 1200. The Morgan fingerprint density at radius 1 is 0.912 bits per heavy atom. The van der Waals surface area contributed by atoms with Crippen molar-refractivity contribution in [2.24, 2.45) is 0 Å². The van der Waals surface area contributed by atoms with Gasteiger partial charge in [0.05, 0.1) is 4.90 Å². The van der Waals surface area contributed by atoms with Crippen LogP contribution in [0.25, 0.3) is 0 Å². The van der Waals surface area contributed by atoms with Gasteiger partial charge in [-0.2, -0.15) is 0 Å². The zero-order chi connectivity index (χ0) is 24.8. The van der Waals surface area contributed by atoms with E-state index in [4.69, 9.17) is 0 Å². The molecule has 0 aliphatic heterocycles. The number of carbonyl (C=O) groups excluding carboxylic acids is 1. The lowest BCUT2D eigenvalue weighted by Gasteiger charge is -2.23. The number of nitrogens with one attached hydrogen (secondary N) is 2. The maximum Gasteiger partial charge on any atom is 0.326 e. The number of anilines is 2. The lowest BCUT2D eigenvalue weighted by Crippen LogP contribution is -2.37. The minimum Gasteiger partial charge on any atom is -0.308 e. The molecule has 3 aromatic rings. The SMILES string of the molecule is Cc1cccc(NC(=O)N(CCCNS(=O)(=O)c2ccc(C(C)(C)C)cc2)c2ccccc2)c1. The fourth-order valence-corrected chi connectivity index (χ4v) is 4.60. The number of urea groups is 1. The number of hydrogen-bond acceptors (Lipinski definition) is 3. The summed E-state index contributed by atoms with van der Waals surface area (Å²) in [6.07, 6.45) is 0.454. The van der Waals surface area contributed by atoms with Gasteiger partial charge in [-0.1, -0.05) is 63.2 Å². The summed E-state index contributed by atoms with van der Waals surface area (Å²) in [6, 6.07) is 23.6. The summed E-state index contributed by atoms with van der Waals surface area (Å²) in [5.74, 6) is 0. The van der Waals surface area contributed by atoms with E-state index in [1.54, 1.807) is 17.0 Å². The molecule has 0 atom stereocenters. The first kappa shape index (κ1) is 25.5. The molecule has 3 rings (SSSR count). The van der Waals surface area contributed by atoms with E-state index >= 15 is 0 Å². The van der Waals surface area contributed by atoms with Crippen LogP contribution in [0.15, 0.2) is 83.8 Å². The molecule has 0 heterocycles. The van der Waals surface area contributed by atoms with Crippen molar-refractivity contribution in [1.82, 2.24) is 4.72 Å². The molecule has 180 valence electrons. The summed E-state index contributed by atoms with van der Waals surface area (Å²) in [5, 5.41) is 2.93. The molecule has 7 heteroatoms. The second kappa shape index (κ2) is 10.8. The quantitative estimate of drug-likeness (QED) is 0.407. The van der Waals surface area contributed by atoms with E-state index in [0.29, 0.717) is 18.7 Å². The molecular weight excluding hydrogens is 446 g/mol. The molecular formula is C27H33N3O3S. The molecule has 2 amide bonds. The molecule has 0 bridgehead atoms. The van der Waals surface area contributed by atoms with Crippen molar-refractivity contribution in [2.75, 3.05) is 23.3 Å². The van der Waals surface area contributed by atoms with Crippen LogP contribution in [0.4, 0.5) is 16.2 Å². The Hall–Kier alpha value is -3.16. The third-order valence-corrected chi connectivity index (χ3v) is 6.94. The predicted molar refractivity (Wildman–Crippen MR) is 139 cm³/mol. The molecule has 6 nitrogen and oxygen atoms in total. The smallest absolute Gasteiger partial charge is 0.308 e. The van der Waals surface area contributed by atoms with Gasteiger partial charge in [0.1, 0.15) is 0 Å². The highest BCUT2D eigenvalue weighted by Crippen LogP contribution is 2.23. The van der Waals surface area contributed by atoms with Gasteiger partial charge in [0, 0.05) is 24.5 Å². The van der Waals surface area contributed by atoms with Gasteiger partial charge in [0.2, 0.25) is 10.0 Å². The number of para-hydroxylation sites is 1. The van der Waals surface area contributed by atoms with Crippen LogP contribution in [0, 0.1) is 6.92 Å². The van der Waals surface area contributed by atoms with Gasteiger partial charge in [-0.05, 0) is 66.3 Å². The van der Waals surface area contributed by atoms with Gasteiger partial charge < -0.3 is 5.32 Å². The lowest BCUT2D eigenvalue weighted by atomic mass is 9.87. The predicted octanol–water partition coefficient (Wildman–Crippen LogP) is 5.70. The second-order valence-electron chi connectivity index (χ2n) is 9.31. The van der Waals surface area contributed by atoms with Crippen LogP contribution in [0.1, 0.15) is 38.3 Å². The number of sulfonamides is 1. The Kier molecular flexibility index (Phi) is 8.12. The van der Waals surface area contributed by atoms with Crippen molar-refractivity contribution < 1.29 is 13.2 Å². The molecule has 0 saturated heterocycles. The Balaban J connectivity index is 1.63. The molecule has 0 spiro atoms. The molecule has 0 radical (unpaired) electrons. The molecule has 0 unspecified atom stereocenters. The van der Waals surface area contributed by atoms with E-state index in [1.165, 1.54) is 0 Å². The third-order valence-electron chi connectivity index (χ3n) is 5.46. The summed E-state index contributed by atoms with van der Waals surface area (Å²) >= 11 is 0. The fraction of sp³-hybridized carbons (Fsp3) is 0.296. The van der Waals surface area contributed by atoms with Crippen LogP contribution in [-0.4, -0.2) is 27.5 Å². The van der Waals surface area contributed by atoms with Gasteiger partial charge in [0.15, 0.2) is 0 Å². The maximum absolute atomic E-state index is 13.0. The standard InChI is InChI=1S/C27H33N3O3S/c1-21-10-8-11-23(20-21)29-26(31)30(24-12-6-5-7-13-24)19-9-18-28-34(32,33)25-16-14-22(15-17-25)27(2,3)4/h5-8,10-17,20,28H,9,18-19H2,1-4H3,(H,29,31). The number of hydrogen-bond donors (Lipinski definition) is 2. The number of benzene rings is 3. The lowest BCUT2D eigenvalue weighted by molar-refractivity contribution is 0.257. The molecule has 3 aromatic carbocycles. The molecule has 0 fully saturated rings. The Morgan fingerprint density at radius 3 is 2.21 bits per heavy atom. The van der Waals surface area contributed by atoms with E-state index < -0.39 is 10.0 Å². The van der Waals surface area contributed by atoms with Crippen LogP contribution >= 0.6 is 0 Å². The number of amides is 2. The second-order valence-corrected chi connectivity index (χ2v) is 11.1. The maximum atomic E-state index is 13.0. The molecule has 0 aliphatic rings. The van der Waals surface area contributed by atoms with Crippen molar-refractivity contribution in [1.29, 1.82) is 0 Å². The van der Waals surface area contributed by atoms with E-state index in [-0.39, 0.29) is 22.9 Å². The van der Waals surface area contributed by atoms with Crippen LogP contribution < -0.4 is 14.9 Å². The van der Waals surface area contributed by atoms with Crippen molar-refractivity contribution in [3.05, 3.63) is 90.0 Å². The topological polar surface area (TPSA) is 78.5 Å². The number of nitrogens with zero attached hydrogens (tertiary/aromatic N) is 1. The van der Waals surface area contributed by atoms with Crippen molar-refractivity contribution in [2.45, 2.75) is 44.4 Å². The van der Waals surface area contributed by atoms with Crippen molar-refractivity contribution in [3.8, 4) is 0 Å². The van der Waals surface area contributed by atoms with E-state index in [0.717, 1.165) is 16.8 Å². The third kappa shape index (κ3) is 6.92. The first-order valence-electron chi connectivity index (χ1n) is 11.4. The summed E-state index contributed by atoms with van der Waals surface area (Å²) in [5.41, 5.74) is 3.53. The summed E-state index contributed by atoms with van der Waals surface area (Å²) in [4.78, 5) is 14.9. The normalized spacial score (nSPS) is 11.8. The summed E-state index contributed by atoms with van der Waals surface area (Å²) in [7, 11) is -3.63. The molecule has 34 heavy (non-hydrogen) atoms. The highest BCUT2D eigenvalue weighted by atomic mass is 32.2. The van der Waals surface area contributed by atoms with Crippen molar-refractivity contribution in [3.63, 3.8) is 0 Å². The number of carbonyl (C=O) groups is 1. The largest absolute Gasteiger partial charge is 0.326 e. The Labute approximate surface area is 203 Å². The molecule has 0 saturated carbocycles. The van der Waals surface area contributed by atoms with Gasteiger partial charge >= 0.3 is 6.03 Å². The minimum atomic E-state index is -3.63. The van der Waals surface area contributed by atoms with E-state index in [9.17, 15) is 13.2 Å². The fourth-order valence-electron chi connectivity index (χ4n) is 3.53. The van der Waals surface area contributed by atoms with Crippen LogP contribution in [0.3, 0.4) is 0 Å². The zero-order valence-corrected chi connectivity index (χ0v) is 21.0. The van der Waals surface area contributed by atoms with Crippen LogP contribution in [0.2, 0.25) is 0 Å². The van der Waals surface area contributed by atoms with Crippen LogP contribution in [-0.2, 0) is 15.4 Å². The molecule has 0 aliphatic carbocycles.